The first-order valence-corrected chi connectivity index (χ1v) is 6.59. The van der Waals surface area contributed by atoms with Gasteiger partial charge >= 0.3 is 0 Å². The summed E-state index contributed by atoms with van der Waals surface area (Å²) in [7, 11) is 0. The maximum absolute atomic E-state index is 12.0. The molecule has 1 aromatic rings. The van der Waals surface area contributed by atoms with Gasteiger partial charge in [-0.2, -0.15) is 0 Å². The molecule has 110 valence electrons. The summed E-state index contributed by atoms with van der Waals surface area (Å²) in [6, 6.07) is 9.36. The van der Waals surface area contributed by atoms with Crippen molar-refractivity contribution in [2.45, 2.75) is 19.8 Å². The van der Waals surface area contributed by atoms with Crippen LogP contribution in [0.3, 0.4) is 0 Å². The molecule has 3 N–H and O–H groups in total. The zero-order chi connectivity index (χ0) is 14.8. The van der Waals surface area contributed by atoms with Crippen molar-refractivity contribution >= 4 is 11.7 Å². The number of carbonyl (C=O) groups excluding carboxylic acids is 1. The number of rotatable bonds is 8. The highest BCUT2D eigenvalue weighted by atomic mass is 16.5. The summed E-state index contributed by atoms with van der Waals surface area (Å²) in [5, 5.41) is 11.4. The van der Waals surface area contributed by atoms with E-state index in [0.29, 0.717) is 32.5 Å². The first-order chi connectivity index (χ1) is 9.67. The molecule has 6 heteroatoms. The molecule has 0 heterocycles. The van der Waals surface area contributed by atoms with Gasteiger partial charge in [0.15, 0.2) is 0 Å². The van der Waals surface area contributed by atoms with Crippen LogP contribution in [0.4, 0.5) is 0 Å². The Hall–Kier alpha value is -2.24. The lowest BCUT2D eigenvalue weighted by atomic mass is 10.3. The predicted molar refractivity (Wildman–Crippen MR) is 76.8 cm³/mol. The average Bonchev–Trinajstić information content (AvgIpc) is 2.48. The van der Waals surface area contributed by atoms with Gasteiger partial charge in [0.1, 0.15) is 11.6 Å². The second-order valence-electron chi connectivity index (χ2n) is 4.23. The van der Waals surface area contributed by atoms with Crippen LogP contribution in [-0.4, -0.2) is 41.5 Å². The van der Waals surface area contributed by atoms with Crippen LogP contribution in [0, 0.1) is 0 Å². The van der Waals surface area contributed by atoms with Crippen molar-refractivity contribution in [3.63, 3.8) is 0 Å². The van der Waals surface area contributed by atoms with E-state index in [1.807, 2.05) is 37.3 Å². The molecule has 1 aromatic carbocycles. The third-order valence-electron chi connectivity index (χ3n) is 2.83. The number of hydrogen-bond acceptors (Lipinski definition) is 4. The Morgan fingerprint density at radius 1 is 1.35 bits per heavy atom. The zero-order valence-electron chi connectivity index (χ0n) is 11.7. The van der Waals surface area contributed by atoms with Crippen LogP contribution in [0.1, 0.15) is 19.8 Å². The molecule has 0 aliphatic rings. The Bertz CT molecular complexity index is 435. The first-order valence-electron chi connectivity index (χ1n) is 6.59. The number of hydrogen-bond donors (Lipinski definition) is 2. The fraction of sp³-hybridized carbons (Fsp3) is 0.429. The van der Waals surface area contributed by atoms with E-state index < -0.39 is 0 Å². The summed E-state index contributed by atoms with van der Waals surface area (Å²) < 4.78 is 5.48. The standard InChI is InChI=1S/C14H21N3O3/c1-2-17(10-8-13(15)16-19)14(18)9-11-20-12-6-4-3-5-7-12/h3-7,19H,2,8-11H2,1H3,(H2,15,16). The van der Waals surface area contributed by atoms with Gasteiger partial charge in [-0.15, -0.1) is 0 Å². The summed E-state index contributed by atoms with van der Waals surface area (Å²) in [5.74, 6) is 0.867. The Balaban J connectivity index is 2.32. The van der Waals surface area contributed by atoms with Crippen LogP contribution >= 0.6 is 0 Å². The largest absolute Gasteiger partial charge is 0.493 e. The van der Waals surface area contributed by atoms with Crippen LogP contribution in [0.15, 0.2) is 35.5 Å². The van der Waals surface area contributed by atoms with Gasteiger partial charge < -0.3 is 20.6 Å². The van der Waals surface area contributed by atoms with Gasteiger partial charge in [0.2, 0.25) is 5.91 Å². The normalized spacial score (nSPS) is 11.2. The van der Waals surface area contributed by atoms with Crippen molar-refractivity contribution in [3.05, 3.63) is 30.3 Å². The van der Waals surface area contributed by atoms with Crippen molar-refractivity contribution < 1.29 is 14.7 Å². The lowest BCUT2D eigenvalue weighted by Gasteiger charge is -2.20. The first kappa shape index (κ1) is 15.8. The number of benzene rings is 1. The molecule has 0 radical (unpaired) electrons. The number of para-hydroxylation sites is 1. The molecule has 0 aromatic heterocycles. The highest BCUT2D eigenvalue weighted by Gasteiger charge is 2.12. The van der Waals surface area contributed by atoms with Gasteiger partial charge in [-0.25, -0.2) is 0 Å². The second-order valence-corrected chi connectivity index (χ2v) is 4.23. The summed E-state index contributed by atoms with van der Waals surface area (Å²) in [4.78, 5) is 13.6. The van der Waals surface area contributed by atoms with E-state index in [0.717, 1.165) is 5.75 Å². The molecule has 0 aliphatic carbocycles. The van der Waals surface area contributed by atoms with E-state index in [-0.39, 0.29) is 11.7 Å². The van der Waals surface area contributed by atoms with E-state index in [9.17, 15) is 4.79 Å². The van der Waals surface area contributed by atoms with Gasteiger partial charge in [0.25, 0.3) is 0 Å². The molecule has 0 unspecified atom stereocenters. The van der Waals surface area contributed by atoms with Crippen molar-refractivity contribution in [1.29, 1.82) is 0 Å². The SMILES string of the molecule is CCN(CCC(N)=NO)C(=O)CCOc1ccccc1. The summed E-state index contributed by atoms with van der Waals surface area (Å²) >= 11 is 0. The maximum atomic E-state index is 12.0. The highest BCUT2D eigenvalue weighted by molar-refractivity contribution is 5.81. The molecule has 0 fully saturated rings. The number of oxime groups is 1. The van der Waals surface area contributed by atoms with Gasteiger partial charge in [0.05, 0.1) is 13.0 Å². The van der Waals surface area contributed by atoms with Gasteiger partial charge in [-0.3, -0.25) is 4.79 Å². The number of nitrogens with zero attached hydrogens (tertiary/aromatic N) is 2. The minimum absolute atomic E-state index is 0.00540. The molecule has 20 heavy (non-hydrogen) atoms. The topological polar surface area (TPSA) is 88.1 Å². The minimum Gasteiger partial charge on any atom is -0.493 e. The van der Waals surface area contributed by atoms with E-state index in [1.165, 1.54) is 0 Å². The van der Waals surface area contributed by atoms with Crippen LogP contribution in [-0.2, 0) is 4.79 Å². The zero-order valence-corrected chi connectivity index (χ0v) is 11.7. The number of carbonyl (C=O) groups is 1. The third kappa shape index (κ3) is 5.60. The highest BCUT2D eigenvalue weighted by Crippen LogP contribution is 2.08. The molecular weight excluding hydrogens is 258 g/mol. The van der Waals surface area contributed by atoms with Crippen molar-refractivity contribution in [2.75, 3.05) is 19.7 Å². The Kier molecular flexibility index (Phi) is 6.95. The molecule has 1 rings (SSSR count). The van der Waals surface area contributed by atoms with E-state index in [4.69, 9.17) is 15.7 Å². The molecule has 0 atom stereocenters. The van der Waals surface area contributed by atoms with Crippen LogP contribution in [0.25, 0.3) is 0 Å². The Labute approximate surface area is 118 Å². The van der Waals surface area contributed by atoms with Crippen molar-refractivity contribution in [2.24, 2.45) is 10.9 Å². The van der Waals surface area contributed by atoms with Gasteiger partial charge in [-0.05, 0) is 19.1 Å². The predicted octanol–water partition coefficient (Wildman–Crippen LogP) is 1.44. The molecule has 0 saturated heterocycles. The van der Waals surface area contributed by atoms with Gasteiger partial charge in [-0.1, -0.05) is 23.4 Å². The number of amides is 1. The molecule has 0 aliphatic heterocycles. The average molecular weight is 279 g/mol. The molecule has 0 saturated carbocycles. The number of amidine groups is 1. The van der Waals surface area contributed by atoms with E-state index in [1.54, 1.807) is 4.90 Å². The summed E-state index contributed by atoms with van der Waals surface area (Å²) in [6.07, 6.45) is 0.661. The summed E-state index contributed by atoms with van der Waals surface area (Å²) in [6.45, 7) is 3.25. The van der Waals surface area contributed by atoms with E-state index in [2.05, 4.69) is 5.16 Å². The van der Waals surface area contributed by atoms with Crippen LogP contribution in [0.5, 0.6) is 5.75 Å². The van der Waals surface area contributed by atoms with E-state index >= 15 is 0 Å². The molecule has 1 amide bonds. The Morgan fingerprint density at radius 2 is 2.05 bits per heavy atom. The number of nitrogens with two attached hydrogens (primary N) is 1. The molecule has 6 nitrogen and oxygen atoms in total. The third-order valence-corrected chi connectivity index (χ3v) is 2.83. The molecular formula is C14H21N3O3. The monoisotopic (exact) mass is 279 g/mol. The molecule has 0 spiro atoms. The fourth-order valence-corrected chi connectivity index (χ4v) is 1.69. The smallest absolute Gasteiger partial charge is 0.226 e. The van der Waals surface area contributed by atoms with Gasteiger partial charge in [0, 0.05) is 19.5 Å². The Morgan fingerprint density at radius 3 is 2.65 bits per heavy atom. The fourth-order valence-electron chi connectivity index (χ4n) is 1.69. The lowest BCUT2D eigenvalue weighted by molar-refractivity contribution is -0.131. The van der Waals surface area contributed by atoms with Crippen LogP contribution in [0.2, 0.25) is 0 Å². The summed E-state index contributed by atoms with van der Waals surface area (Å²) in [5.41, 5.74) is 5.39. The quantitative estimate of drug-likeness (QED) is 0.326. The minimum atomic E-state index is -0.00540. The second kappa shape index (κ2) is 8.79. The number of ether oxygens (including phenoxy) is 1. The van der Waals surface area contributed by atoms with Crippen molar-refractivity contribution in [1.82, 2.24) is 4.90 Å². The molecule has 0 bridgehead atoms. The van der Waals surface area contributed by atoms with Crippen LogP contribution < -0.4 is 10.5 Å². The van der Waals surface area contributed by atoms with Crippen molar-refractivity contribution in [3.8, 4) is 5.75 Å². The maximum Gasteiger partial charge on any atom is 0.226 e. The lowest BCUT2D eigenvalue weighted by Crippen LogP contribution is -2.34.